The summed E-state index contributed by atoms with van der Waals surface area (Å²) in [4.78, 5) is 23.5. The van der Waals surface area contributed by atoms with Crippen LogP contribution in [0.1, 0.15) is 29.8 Å². The largest absolute Gasteiger partial charge is 0.493 e. The van der Waals surface area contributed by atoms with Crippen molar-refractivity contribution in [2.75, 3.05) is 25.6 Å². The van der Waals surface area contributed by atoms with Gasteiger partial charge in [-0.15, -0.1) is 0 Å². The van der Waals surface area contributed by atoms with E-state index in [0.717, 1.165) is 12.1 Å². The van der Waals surface area contributed by atoms with E-state index in [1.807, 2.05) is 25.1 Å². The summed E-state index contributed by atoms with van der Waals surface area (Å²) in [5.41, 5.74) is 1.10. The first-order chi connectivity index (χ1) is 13.0. The third kappa shape index (κ3) is 5.18. The van der Waals surface area contributed by atoms with Crippen LogP contribution in [0.5, 0.6) is 11.5 Å². The quantitative estimate of drug-likeness (QED) is 0.516. The number of carbonyl (C=O) groups excluding carboxylic acids is 1. The lowest BCUT2D eigenvalue weighted by atomic mass is 10.1. The van der Waals surface area contributed by atoms with Crippen LogP contribution in [0.4, 0.5) is 11.4 Å². The number of benzene rings is 2. The van der Waals surface area contributed by atoms with Gasteiger partial charge in [-0.3, -0.25) is 14.9 Å². The maximum atomic E-state index is 12.7. The number of nitrogens with zero attached hydrogens (tertiary/aromatic N) is 1. The van der Waals surface area contributed by atoms with Crippen molar-refractivity contribution in [1.82, 2.24) is 5.32 Å². The van der Waals surface area contributed by atoms with E-state index in [1.165, 1.54) is 19.2 Å². The Morgan fingerprint density at radius 1 is 1.19 bits per heavy atom. The highest BCUT2D eigenvalue weighted by Crippen LogP contribution is 2.35. The molecule has 0 aliphatic carbocycles. The first-order valence-corrected chi connectivity index (χ1v) is 8.60. The molecular formula is C19H23N3O5. The Kier molecular flexibility index (Phi) is 7.13. The van der Waals surface area contributed by atoms with E-state index >= 15 is 0 Å². The van der Waals surface area contributed by atoms with Gasteiger partial charge in [0.25, 0.3) is 11.6 Å². The number of hydrogen-bond acceptors (Lipinski definition) is 6. The second-order valence-electron chi connectivity index (χ2n) is 5.65. The average molecular weight is 373 g/mol. The van der Waals surface area contributed by atoms with Crippen LogP contribution in [0.15, 0.2) is 36.4 Å². The van der Waals surface area contributed by atoms with Crippen LogP contribution in [-0.2, 0) is 6.54 Å². The highest BCUT2D eigenvalue weighted by atomic mass is 16.6. The van der Waals surface area contributed by atoms with Gasteiger partial charge in [0.15, 0.2) is 11.5 Å². The van der Waals surface area contributed by atoms with Gasteiger partial charge in [-0.05, 0) is 31.2 Å². The number of nitrogens with one attached hydrogen (secondary N) is 2. The molecule has 0 aliphatic rings. The second kappa shape index (κ2) is 9.54. The fourth-order valence-corrected chi connectivity index (χ4v) is 2.54. The van der Waals surface area contributed by atoms with Crippen molar-refractivity contribution in [3.63, 3.8) is 0 Å². The molecule has 0 aliphatic heterocycles. The molecule has 0 aromatic heterocycles. The van der Waals surface area contributed by atoms with Crippen molar-refractivity contribution in [1.29, 1.82) is 0 Å². The van der Waals surface area contributed by atoms with Gasteiger partial charge < -0.3 is 20.1 Å². The molecular weight excluding hydrogens is 350 g/mol. The van der Waals surface area contributed by atoms with Crippen molar-refractivity contribution >= 4 is 17.3 Å². The summed E-state index contributed by atoms with van der Waals surface area (Å²) < 4.78 is 10.6. The van der Waals surface area contributed by atoms with E-state index in [1.54, 1.807) is 13.0 Å². The second-order valence-corrected chi connectivity index (χ2v) is 5.65. The molecule has 0 radical (unpaired) electrons. The lowest BCUT2D eigenvalue weighted by molar-refractivity contribution is -0.385. The molecule has 0 saturated carbocycles. The fraction of sp³-hybridized carbons (Fsp3) is 0.316. The molecule has 2 aromatic rings. The van der Waals surface area contributed by atoms with Crippen LogP contribution in [0.25, 0.3) is 0 Å². The Labute approximate surface area is 157 Å². The molecule has 0 bridgehead atoms. The molecule has 0 atom stereocenters. The van der Waals surface area contributed by atoms with Crippen molar-refractivity contribution in [2.45, 2.75) is 20.4 Å². The molecule has 144 valence electrons. The van der Waals surface area contributed by atoms with Crippen LogP contribution in [0.2, 0.25) is 0 Å². The first-order valence-electron chi connectivity index (χ1n) is 8.60. The number of methoxy groups -OCH3 is 1. The summed E-state index contributed by atoms with van der Waals surface area (Å²) in [7, 11) is 1.39. The van der Waals surface area contributed by atoms with E-state index in [0.29, 0.717) is 18.8 Å². The Balaban J connectivity index is 2.34. The monoisotopic (exact) mass is 373 g/mol. The molecule has 8 heteroatoms. The van der Waals surface area contributed by atoms with E-state index in [4.69, 9.17) is 9.47 Å². The standard InChI is InChI=1S/C19H23N3O5/c1-4-20-12-13-7-6-8-14(9-13)21-19(23)15-10-18(27-5-2)17(26-3)11-16(15)22(24)25/h6-11,20H,4-5,12H2,1-3H3,(H,21,23). The van der Waals surface area contributed by atoms with Gasteiger partial charge in [-0.2, -0.15) is 0 Å². The Morgan fingerprint density at radius 3 is 2.59 bits per heavy atom. The van der Waals surface area contributed by atoms with Gasteiger partial charge in [0.05, 0.1) is 24.7 Å². The number of amides is 1. The van der Waals surface area contributed by atoms with Crippen LogP contribution in [0.3, 0.4) is 0 Å². The maximum Gasteiger partial charge on any atom is 0.286 e. The number of carbonyl (C=O) groups is 1. The Hall–Kier alpha value is -3.13. The predicted octanol–water partition coefficient (Wildman–Crippen LogP) is 3.36. The maximum absolute atomic E-state index is 12.7. The van der Waals surface area contributed by atoms with Crippen LogP contribution in [0, 0.1) is 10.1 Å². The number of nitro groups is 1. The predicted molar refractivity (Wildman–Crippen MR) is 103 cm³/mol. The van der Waals surface area contributed by atoms with Crippen LogP contribution in [-0.4, -0.2) is 31.1 Å². The summed E-state index contributed by atoms with van der Waals surface area (Å²) in [6.07, 6.45) is 0. The number of ether oxygens (including phenoxy) is 2. The Bertz CT molecular complexity index is 823. The first kappa shape index (κ1) is 20.2. The molecule has 8 nitrogen and oxygen atoms in total. The number of nitro benzene ring substituents is 1. The minimum atomic E-state index is -0.616. The lowest BCUT2D eigenvalue weighted by Crippen LogP contribution is -2.15. The molecule has 2 aromatic carbocycles. The average Bonchev–Trinajstić information content (AvgIpc) is 2.66. The van der Waals surface area contributed by atoms with Crippen molar-refractivity contribution in [2.24, 2.45) is 0 Å². The van der Waals surface area contributed by atoms with E-state index in [2.05, 4.69) is 10.6 Å². The fourth-order valence-electron chi connectivity index (χ4n) is 2.54. The molecule has 2 N–H and O–H groups in total. The van der Waals surface area contributed by atoms with Crippen molar-refractivity contribution in [3.05, 3.63) is 57.6 Å². The molecule has 0 saturated heterocycles. The summed E-state index contributed by atoms with van der Waals surface area (Å²) in [5, 5.41) is 17.3. The van der Waals surface area contributed by atoms with Crippen molar-refractivity contribution < 1.29 is 19.2 Å². The zero-order chi connectivity index (χ0) is 19.8. The third-order valence-corrected chi connectivity index (χ3v) is 3.79. The number of hydrogen-bond donors (Lipinski definition) is 2. The number of rotatable bonds is 9. The van der Waals surface area contributed by atoms with Crippen molar-refractivity contribution in [3.8, 4) is 11.5 Å². The highest BCUT2D eigenvalue weighted by molar-refractivity contribution is 6.07. The molecule has 0 heterocycles. The molecule has 27 heavy (non-hydrogen) atoms. The third-order valence-electron chi connectivity index (χ3n) is 3.79. The molecule has 1 amide bonds. The van der Waals surface area contributed by atoms with Gasteiger partial charge in [0.1, 0.15) is 5.56 Å². The highest BCUT2D eigenvalue weighted by Gasteiger charge is 2.24. The topological polar surface area (TPSA) is 103 Å². The minimum absolute atomic E-state index is 0.0960. The van der Waals surface area contributed by atoms with Crippen LogP contribution < -0.4 is 20.1 Å². The molecule has 2 rings (SSSR count). The smallest absolute Gasteiger partial charge is 0.286 e. The lowest BCUT2D eigenvalue weighted by Gasteiger charge is -2.12. The number of anilines is 1. The summed E-state index contributed by atoms with van der Waals surface area (Å²) in [6, 6.07) is 9.82. The molecule has 0 unspecified atom stereocenters. The zero-order valence-electron chi connectivity index (χ0n) is 15.6. The van der Waals surface area contributed by atoms with Gasteiger partial charge in [-0.25, -0.2) is 0 Å². The van der Waals surface area contributed by atoms with Gasteiger partial charge in [0, 0.05) is 18.3 Å². The van der Waals surface area contributed by atoms with Gasteiger partial charge in [0.2, 0.25) is 0 Å². The molecule has 0 spiro atoms. The van der Waals surface area contributed by atoms with Gasteiger partial charge >= 0.3 is 0 Å². The summed E-state index contributed by atoms with van der Waals surface area (Å²) in [5.74, 6) is -0.115. The normalized spacial score (nSPS) is 10.3. The van der Waals surface area contributed by atoms with E-state index in [-0.39, 0.29) is 22.7 Å². The minimum Gasteiger partial charge on any atom is -0.493 e. The van der Waals surface area contributed by atoms with Crippen LogP contribution >= 0.6 is 0 Å². The SMILES string of the molecule is CCNCc1cccc(NC(=O)c2cc(OCC)c(OC)cc2[N+](=O)[O-])c1. The van der Waals surface area contributed by atoms with Gasteiger partial charge in [-0.1, -0.05) is 19.1 Å². The molecule has 0 fully saturated rings. The van der Waals surface area contributed by atoms with E-state index < -0.39 is 10.8 Å². The zero-order valence-corrected chi connectivity index (χ0v) is 15.6. The Morgan fingerprint density at radius 2 is 1.96 bits per heavy atom. The summed E-state index contributed by atoms with van der Waals surface area (Å²) >= 11 is 0. The van der Waals surface area contributed by atoms with E-state index in [9.17, 15) is 14.9 Å². The summed E-state index contributed by atoms with van der Waals surface area (Å²) in [6.45, 7) is 5.61.